The Bertz CT molecular complexity index is 7100. The molecular formula is C120H108N8O8S2. The van der Waals surface area contributed by atoms with Crippen LogP contribution in [-0.4, -0.2) is 72.8 Å². The van der Waals surface area contributed by atoms with E-state index in [-0.39, 0.29) is 65.7 Å². The van der Waals surface area contributed by atoms with Crippen LogP contribution in [0.5, 0.6) is 0 Å². The molecule has 0 bridgehead atoms. The molecule has 16 nitrogen and oxygen atoms in total. The smallest absolute Gasteiger partial charge is 0.196 e. The largest absolute Gasteiger partial charge is 0.744 e. The van der Waals surface area contributed by atoms with Crippen molar-refractivity contribution in [3.63, 3.8) is 0 Å². The summed E-state index contributed by atoms with van der Waals surface area (Å²) in [5.41, 5.74) is 27.5. The first-order chi connectivity index (χ1) is 66.8. The first-order valence-corrected chi connectivity index (χ1v) is 49.4. The van der Waals surface area contributed by atoms with Gasteiger partial charge in [0.25, 0.3) is 0 Å². The van der Waals surface area contributed by atoms with Crippen molar-refractivity contribution in [2.45, 2.75) is 79.0 Å². The van der Waals surface area contributed by atoms with E-state index >= 15 is 0 Å². The summed E-state index contributed by atoms with van der Waals surface area (Å²) in [6.45, 7) is 21.8. The number of hydrogen-bond acceptors (Lipinski definition) is 14. The monoisotopic (exact) mass is 1850 g/mol. The van der Waals surface area contributed by atoms with Crippen molar-refractivity contribution in [2.24, 2.45) is 14.1 Å². The molecule has 0 radical (unpaired) electrons. The van der Waals surface area contributed by atoms with Gasteiger partial charge in [-0.25, -0.2) is 16.8 Å². The van der Waals surface area contributed by atoms with Crippen LogP contribution in [0, 0.1) is 53.4 Å². The van der Waals surface area contributed by atoms with Crippen LogP contribution >= 0.6 is 0 Å². The molecule has 18 heteroatoms. The number of carbonyl (C=O) groups excluding carboxylic acids is 2. The van der Waals surface area contributed by atoms with E-state index in [0.29, 0.717) is 22.5 Å². The fourth-order valence-corrected chi connectivity index (χ4v) is 21.8. The van der Waals surface area contributed by atoms with Crippen molar-refractivity contribution in [3.8, 4) is 22.5 Å². The van der Waals surface area contributed by atoms with Crippen LogP contribution < -0.4 is 30.2 Å². The summed E-state index contributed by atoms with van der Waals surface area (Å²) in [6, 6.07) is 131. The minimum Gasteiger partial charge on any atom is -0.744 e. The molecule has 0 fully saturated rings. The number of anilines is 12. The molecule has 16 aromatic carbocycles. The Kier molecular flexibility index (Phi) is 27.6. The van der Waals surface area contributed by atoms with Gasteiger partial charge in [0.1, 0.15) is 31.6 Å². The predicted octanol–water partition coefficient (Wildman–Crippen LogP) is 28.0. The molecule has 0 unspecified atom stereocenters. The zero-order chi connectivity index (χ0) is 96.8. The number of ketones is 2. The molecule has 2 N–H and O–H groups in total. The maximum Gasteiger partial charge on any atom is 0.196 e. The Hall–Kier alpha value is -15.7. The molecule has 2 aromatic heterocycles. The summed E-state index contributed by atoms with van der Waals surface area (Å²) in [7, 11) is -5.27. The lowest BCUT2D eigenvalue weighted by Gasteiger charge is -2.27. The van der Waals surface area contributed by atoms with E-state index in [9.17, 15) is 35.5 Å². The van der Waals surface area contributed by atoms with Gasteiger partial charge in [0.05, 0.1) is 122 Å². The summed E-state index contributed by atoms with van der Waals surface area (Å²) in [6.07, 6.45) is 0. The van der Waals surface area contributed by atoms with Crippen LogP contribution in [0.15, 0.2) is 386 Å². The SMILES string of the molecule is CCN(c1ccccc1)c1ccc([C+](c2ccc(N(CC)c3ccccc3)cc2)c2c(-c3ccccc3)n(C)c3ccccc23)cc1.CCN(c1ccccc1)c1ccc([C+](c2ccc(N(CC)c3ccccc3)cc2)c2c(-c3ccccc3)n(C)c3ccccc23)cc1.Cc1cc(C)c(S(=O)(=O)[O-])c(C)c1Nc1ccc(Nc2c(C)cc(C)c(S(=O)(=O)[O-])c2C)c2c1C(=O)c1ccccc1C2=O. The molecule has 0 saturated heterocycles. The fraction of sp³-hybridized carbons (Fsp3) is 0.133. The van der Waals surface area contributed by atoms with Crippen molar-refractivity contribution in [1.82, 2.24) is 9.13 Å². The minimum atomic E-state index is -4.83. The Morgan fingerprint density at radius 3 is 0.797 bits per heavy atom. The molecule has 688 valence electrons. The summed E-state index contributed by atoms with van der Waals surface area (Å²) < 4.78 is 77.2. The molecule has 0 atom stereocenters. The van der Waals surface area contributed by atoms with Gasteiger partial charge in [-0.1, -0.05) is 170 Å². The number of benzene rings is 16. The molecule has 1 aliphatic carbocycles. The lowest BCUT2D eigenvalue weighted by Crippen LogP contribution is -2.24. The maximum atomic E-state index is 14.0. The molecule has 1 aliphatic rings. The summed E-state index contributed by atoms with van der Waals surface area (Å²) in [5.74, 6) is 1.51. The van der Waals surface area contributed by atoms with Gasteiger partial charge in [0.15, 0.2) is 11.6 Å². The number of carbonyl (C=O) groups is 2. The number of fused-ring (bicyclic) bond motifs is 4. The lowest BCUT2D eigenvalue weighted by molar-refractivity contribution is 0.0980. The Morgan fingerprint density at radius 2 is 0.536 bits per heavy atom. The minimum absolute atomic E-state index is 0.00342. The number of para-hydroxylation sites is 6. The van der Waals surface area contributed by atoms with Gasteiger partial charge >= 0.3 is 0 Å². The van der Waals surface area contributed by atoms with Crippen molar-refractivity contribution in [1.29, 1.82) is 0 Å². The first-order valence-electron chi connectivity index (χ1n) is 46.5. The van der Waals surface area contributed by atoms with E-state index in [4.69, 9.17) is 0 Å². The highest BCUT2D eigenvalue weighted by atomic mass is 32.2. The van der Waals surface area contributed by atoms with Crippen LogP contribution in [0.4, 0.5) is 68.2 Å². The summed E-state index contributed by atoms with van der Waals surface area (Å²) in [5, 5.41) is 8.72. The lowest BCUT2D eigenvalue weighted by atomic mass is 9.82. The number of aryl methyl sites for hydroxylation is 6. The normalized spacial score (nSPS) is 11.7. The van der Waals surface area contributed by atoms with Crippen molar-refractivity contribution < 1.29 is 35.5 Å². The van der Waals surface area contributed by atoms with E-state index in [1.165, 1.54) is 187 Å². The zero-order valence-corrected chi connectivity index (χ0v) is 81.0. The van der Waals surface area contributed by atoms with Crippen molar-refractivity contribution >= 4 is 122 Å². The average Bonchev–Trinajstić information content (AvgIpc) is 1.49. The molecule has 18 aromatic rings. The Balaban J connectivity index is 0.000000143. The quantitative estimate of drug-likeness (QED) is 0.0384. The third-order valence-electron chi connectivity index (χ3n) is 26.1. The first kappa shape index (κ1) is 94.1. The van der Waals surface area contributed by atoms with Gasteiger partial charge in [0, 0.05) is 96.7 Å². The fourth-order valence-electron chi connectivity index (χ4n) is 20.0. The molecule has 0 aliphatic heterocycles. The van der Waals surface area contributed by atoms with E-state index in [1.807, 2.05) is 0 Å². The second-order valence-corrected chi connectivity index (χ2v) is 37.2. The van der Waals surface area contributed by atoms with Crippen LogP contribution in [0.3, 0.4) is 0 Å². The van der Waals surface area contributed by atoms with Crippen LogP contribution in [0.25, 0.3) is 44.3 Å². The number of nitrogens with one attached hydrogen (secondary N) is 2. The van der Waals surface area contributed by atoms with Gasteiger partial charge in [0.2, 0.25) is 0 Å². The standard InChI is InChI=1S/2C44H40N3.C32H30N2O8S2/c2*1-4-46(36-19-11-7-12-20-36)38-29-25-33(26-30-38)42(34-27-31-39(32-28-34)47(5-2)37-21-13-8-14-22-37)43-40-23-15-16-24-41(40)45(3)44(43)35-17-9-6-10-18-35;1-15-13-17(3)31(43(37,38)39)19(5)27(15)33-23-11-12-24(26-25(23)29(35)21-9-7-8-10-22(21)30(26)36)34-28-16(2)14-18(4)32(20(28)6)44(40,41)42/h2*6-32H,4-5H2,1-3H3;7-14,33-34H,1-6H3,(H,37,38,39)(H,40,41,42)/q2*+1;/p-2. The molecule has 138 heavy (non-hydrogen) atoms. The summed E-state index contributed by atoms with van der Waals surface area (Å²) in [4.78, 5) is 36.7. The number of rotatable bonds is 26. The third kappa shape index (κ3) is 18.7. The van der Waals surface area contributed by atoms with E-state index in [1.54, 1.807) is 38.1 Å². The highest BCUT2D eigenvalue weighted by molar-refractivity contribution is 7.86. The van der Waals surface area contributed by atoms with Crippen LogP contribution in [0.1, 0.15) is 126 Å². The van der Waals surface area contributed by atoms with E-state index in [0.717, 1.165) is 26.2 Å². The van der Waals surface area contributed by atoms with Gasteiger partial charge in [-0.05, 0) is 309 Å². The van der Waals surface area contributed by atoms with Gasteiger partial charge in [-0.15, -0.1) is 0 Å². The molecule has 2 heterocycles. The number of nitrogens with zero attached hydrogens (tertiary/aromatic N) is 6. The van der Waals surface area contributed by atoms with Crippen LogP contribution in [-0.2, 0) is 34.3 Å². The highest BCUT2D eigenvalue weighted by Gasteiger charge is 2.38. The van der Waals surface area contributed by atoms with Gasteiger partial charge in [-0.2, -0.15) is 0 Å². The average molecular weight is 1850 g/mol. The molecule has 0 spiro atoms. The third-order valence-corrected chi connectivity index (χ3v) is 28.4. The zero-order valence-electron chi connectivity index (χ0n) is 79.4. The highest BCUT2D eigenvalue weighted by Crippen LogP contribution is 2.49. The predicted molar refractivity (Wildman–Crippen MR) is 564 cm³/mol. The van der Waals surface area contributed by atoms with E-state index in [2.05, 4.69) is 409 Å². The number of aromatic nitrogens is 2. The van der Waals surface area contributed by atoms with Gasteiger partial charge < -0.3 is 48.5 Å². The Labute approximate surface area is 810 Å². The molecular weight excluding hydrogens is 1750 g/mol. The van der Waals surface area contributed by atoms with Crippen molar-refractivity contribution in [2.75, 3.05) is 56.4 Å². The maximum absolute atomic E-state index is 14.0. The van der Waals surface area contributed by atoms with Gasteiger partial charge in [-0.3, -0.25) is 9.59 Å². The Morgan fingerprint density at radius 1 is 0.297 bits per heavy atom. The van der Waals surface area contributed by atoms with E-state index < -0.39 is 31.8 Å². The molecule has 0 saturated carbocycles. The molecule has 19 rings (SSSR count). The molecule has 0 amide bonds. The van der Waals surface area contributed by atoms with Crippen LogP contribution in [0.2, 0.25) is 0 Å². The second-order valence-electron chi connectivity index (χ2n) is 34.5. The van der Waals surface area contributed by atoms with Crippen molar-refractivity contribution in [3.05, 3.63) is 477 Å². The second kappa shape index (κ2) is 40.5. The number of hydrogen-bond donors (Lipinski definition) is 2. The topological polar surface area (TPSA) is 195 Å². The summed E-state index contributed by atoms with van der Waals surface area (Å²) >= 11 is 0.